The second-order valence-corrected chi connectivity index (χ2v) is 7.79. The zero-order valence-corrected chi connectivity index (χ0v) is 18.0. The van der Waals surface area contributed by atoms with Gasteiger partial charge in [-0.2, -0.15) is 5.26 Å². The third kappa shape index (κ3) is 5.43. The molecule has 1 amide bonds. The Hall–Kier alpha value is -3.16. The summed E-state index contributed by atoms with van der Waals surface area (Å²) < 4.78 is 1.08. The van der Waals surface area contributed by atoms with Crippen molar-refractivity contribution in [3.63, 3.8) is 0 Å². The highest BCUT2D eigenvalue weighted by Gasteiger charge is 2.10. The predicted octanol–water partition coefficient (Wildman–Crippen LogP) is 6.20. The van der Waals surface area contributed by atoms with Crippen LogP contribution in [0.25, 0.3) is 6.08 Å². The molecule has 29 heavy (non-hydrogen) atoms. The van der Waals surface area contributed by atoms with Crippen molar-refractivity contribution in [1.29, 1.82) is 5.26 Å². The molecule has 0 atom stereocenters. The van der Waals surface area contributed by atoms with E-state index in [9.17, 15) is 10.1 Å². The van der Waals surface area contributed by atoms with Gasteiger partial charge in [0.25, 0.3) is 5.91 Å². The molecule has 0 saturated heterocycles. The number of carbonyl (C=O) groups excluding carboxylic acids is 1. The number of benzene rings is 3. The number of aryl methyl sites for hydroxylation is 2. The second kappa shape index (κ2) is 9.36. The van der Waals surface area contributed by atoms with Crippen molar-refractivity contribution >= 4 is 33.6 Å². The first-order chi connectivity index (χ1) is 14.0. The van der Waals surface area contributed by atoms with Gasteiger partial charge in [-0.3, -0.25) is 4.79 Å². The summed E-state index contributed by atoms with van der Waals surface area (Å²) in [7, 11) is 0. The lowest BCUT2D eigenvalue weighted by molar-refractivity contribution is -0.112. The van der Waals surface area contributed by atoms with Crippen LogP contribution in [0.1, 0.15) is 27.8 Å². The fourth-order valence-corrected chi connectivity index (χ4v) is 3.35. The van der Waals surface area contributed by atoms with Gasteiger partial charge in [-0.15, -0.1) is 0 Å². The fourth-order valence-electron chi connectivity index (χ4n) is 2.93. The molecule has 0 aliphatic rings. The minimum atomic E-state index is -0.409. The molecule has 4 heteroatoms. The maximum Gasteiger partial charge on any atom is 0.266 e. The molecule has 0 radical (unpaired) electrons. The van der Waals surface area contributed by atoms with E-state index < -0.39 is 5.91 Å². The van der Waals surface area contributed by atoms with E-state index in [-0.39, 0.29) is 5.57 Å². The van der Waals surface area contributed by atoms with Crippen molar-refractivity contribution in [2.45, 2.75) is 20.3 Å². The maximum atomic E-state index is 12.5. The van der Waals surface area contributed by atoms with Crippen molar-refractivity contribution in [1.82, 2.24) is 0 Å². The minimum Gasteiger partial charge on any atom is -0.321 e. The number of carbonyl (C=O) groups is 1. The zero-order chi connectivity index (χ0) is 20.8. The van der Waals surface area contributed by atoms with Gasteiger partial charge in [0.05, 0.1) is 0 Å². The van der Waals surface area contributed by atoms with Gasteiger partial charge < -0.3 is 5.32 Å². The molecular formula is C25H21BrN2O. The number of nitrogens with zero attached hydrogens (tertiary/aromatic N) is 1. The lowest BCUT2D eigenvalue weighted by atomic mass is 10.0. The Morgan fingerprint density at radius 2 is 1.76 bits per heavy atom. The zero-order valence-electron chi connectivity index (χ0n) is 16.4. The van der Waals surface area contributed by atoms with Crippen molar-refractivity contribution in [2.75, 3.05) is 5.32 Å². The molecule has 0 spiro atoms. The molecule has 0 saturated carbocycles. The number of nitrogens with one attached hydrogen (secondary N) is 1. The molecule has 3 rings (SSSR count). The number of anilines is 1. The molecule has 0 fully saturated rings. The Bertz CT molecular complexity index is 1110. The molecule has 0 unspecified atom stereocenters. The SMILES string of the molecule is Cc1ccc(NC(=O)/C(C#N)=C/c2ccc(Cc3ccccc3Br)cc2)cc1C. The van der Waals surface area contributed by atoms with E-state index in [1.54, 1.807) is 6.08 Å². The molecule has 1 N–H and O–H groups in total. The predicted molar refractivity (Wildman–Crippen MR) is 122 cm³/mol. The summed E-state index contributed by atoms with van der Waals surface area (Å²) in [6.45, 7) is 4.00. The van der Waals surface area contributed by atoms with E-state index in [4.69, 9.17) is 0 Å². The highest BCUT2D eigenvalue weighted by molar-refractivity contribution is 9.10. The Morgan fingerprint density at radius 1 is 1.03 bits per heavy atom. The van der Waals surface area contributed by atoms with Gasteiger partial charge in [0.15, 0.2) is 0 Å². The Labute approximate surface area is 179 Å². The van der Waals surface area contributed by atoms with Gasteiger partial charge >= 0.3 is 0 Å². The highest BCUT2D eigenvalue weighted by Crippen LogP contribution is 2.20. The third-order valence-electron chi connectivity index (χ3n) is 4.77. The van der Waals surface area contributed by atoms with Crippen molar-refractivity contribution in [3.05, 3.63) is 105 Å². The third-order valence-corrected chi connectivity index (χ3v) is 5.55. The molecule has 3 aromatic rings. The molecule has 0 bridgehead atoms. The summed E-state index contributed by atoms with van der Waals surface area (Å²) in [6.07, 6.45) is 2.42. The van der Waals surface area contributed by atoms with Crippen LogP contribution >= 0.6 is 15.9 Å². The molecule has 3 nitrogen and oxygen atoms in total. The van der Waals surface area contributed by atoms with Crippen LogP contribution in [0.4, 0.5) is 5.69 Å². The summed E-state index contributed by atoms with van der Waals surface area (Å²) in [5, 5.41) is 12.2. The van der Waals surface area contributed by atoms with E-state index in [2.05, 4.69) is 27.3 Å². The maximum absolute atomic E-state index is 12.5. The average Bonchev–Trinajstić information content (AvgIpc) is 2.71. The van der Waals surface area contributed by atoms with Crippen molar-refractivity contribution in [2.24, 2.45) is 0 Å². The fraction of sp³-hybridized carbons (Fsp3) is 0.120. The quantitative estimate of drug-likeness (QED) is 0.375. The largest absolute Gasteiger partial charge is 0.321 e. The summed E-state index contributed by atoms with van der Waals surface area (Å²) in [5.41, 5.74) is 6.18. The summed E-state index contributed by atoms with van der Waals surface area (Å²) in [4.78, 5) is 12.5. The van der Waals surface area contributed by atoms with E-state index in [0.717, 1.165) is 33.1 Å². The highest BCUT2D eigenvalue weighted by atomic mass is 79.9. The summed E-state index contributed by atoms with van der Waals surface area (Å²) >= 11 is 3.57. The van der Waals surface area contributed by atoms with E-state index in [1.165, 1.54) is 5.56 Å². The Morgan fingerprint density at radius 3 is 2.41 bits per heavy atom. The topological polar surface area (TPSA) is 52.9 Å². The van der Waals surface area contributed by atoms with E-state index in [0.29, 0.717) is 5.69 Å². The number of hydrogen-bond acceptors (Lipinski definition) is 2. The van der Waals surface area contributed by atoms with Crippen molar-refractivity contribution < 1.29 is 4.79 Å². The van der Waals surface area contributed by atoms with Crippen molar-refractivity contribution in [3.8, 4) is 6.07 Å². The van der Waals surface area contributed by atoms with Gasteiger partial charge in [-0.25, -0.2) is 0 Å². The lowest BCUT2D eigenvalue weighted by Crippen LogP contribution is -2.13. The van der Waals surface area contributed by atoms with Gasteiger partial charge in [0.2, 0.25) is 0 Å². The molecule has 144 valence electrons. The molecule has 3 aromatic carbocycles. The number of halogens is 1. The summed E-state index contributed by atoms with van der Waals surface area (Å²) in [6, 6.07) is 23.7. The molecule has 0 aromatic heterocycles. The summed E-state index contributed by atoms with van der Waals surface area (Å²) in [5.74, 6) is -0.409. The van der Waals surface area contributed by atoms with Crippen LogP contribution in [0.2, 0.25) is 0 Å². The monoisotopic (exact) mass is 444 g/mol. The smallest absolute Gasteiger partial charge is 0.266 e. The number of hydrogen-bond donors (Lipinski definition) is 1. The van der Waals surface area contributed by atoms with Gasteiger partial charge in [-0.05, 0) is 72.4 Å². The van der Waals surface area contributed by atoms with Gasteiger partial charge in [0.1, 0.15) is 11.6 Å². The number of rotatable bonds is 5. The average molecular weight is 445 g/mol. The normalized spacial score (nSPS) is 11.0. The van der Waals surface area contributed by atoms with Crippen LogP contribution in [0.15, 0.2) is 76.8 Å². The van der Waals surface area contributed by atoms with Crippen LogP contribution in [0, 0.1) is 25.2 Å². The molecule has 0 aliphatic heterocycles. The molecular weight excluding hydrogens is 424 g/mol. The lowest BCUT2D eigenvalue weighted by Gasteiger charge is -2.07. The molecule has 0 aliphatic carbocycles. The second-order valence-electron chi connectivity index (χ2n) is 6.93. The first-order valence-electron chi connectivity index (χ1n) is 9.29. The number of nitriles is 1. The standard InChI is InChI=1S/C25H21BrN2O/c1-17-7-12-23(13-18(17)2)28-25(29)22(16-27)15-20-10-8-19(9-11-20)14-21-5-3-4-6-24(21)26/h3-13,15H,14H2,1-2H3,(H,28,29)/b22-15+. The van der Waals surface area contributed by atoms with Crippen LogP contribution in [0.3, 0.4) is 0 Å². The van der Waals surface area contributed by atoms with E-state index in [1.807, 2.05) is 80.6 Å². The van der Waals surface area contributed by atoms with Crippen LogP contribution in [0.5, 0.6) is 0 Å². The van der Waals surface area contributed by atoms with Crippen LogP contribution < -0.4 is 5.32 Å². The first-order valence-corrected chi connectivity index (χ1v) is 10.1. The van der Waals surface area contributed by atoms with Gasteiger partial charge in [-0.1, -0.05) is 64.5 Å². The van der Waals surface area contributed by atoms with Crippen LogP contribution in [-0.4, -0.2) is 5.91 Å². The van der Waals surface area contributed by atoms with E-state index >= 15 is 0 Å². The number of amides is 1. The first kappa shape index (κ1) is 20.6. The molecule has 0 heterocycles. The Balaban J connectivity index is 1.73. The van der Waals surface area contributed by atoms with Crippen LogP contribution in [-0.2, 0) is 11.2 Å². The van der Waals surface area contributed by atoms with Gasteiger partial charge in [0, 0.05) is 10.2 Å². The Kier molecular flexibility index (Phi) is 6.64. The minimum absolute atomic E-state index is 0.0711.